The lowest BCUT2D eigenvalue weighted by Gasteiger charge is -2.16. The molecule has 9 nitrogen and oxygen atoms in total. The second-order valence-electron chi connectivity index (χ2n) is 8.27. The lowest BCUT2D eigenvalue weighted by atomic mass is 10.1. The smallest absolute Gasteiger partial charge is 0.281 e. The van der Waals surface area contributed by atoms with Gasteiger partial charge >= 0.3 is 0 Å². The fraction of sp³-hybridized carbons (Fsp3) is 0.200. The number of hydrogen-bond acceptors (Lipinski definition) is 7. The molecule has 0 aliphatic rings. The van der Waals surface area contributed by atoms with Crippen molar-refractivity contribution in [1.82, 2.24) is 24.5 Å². The van der Waals surface area contributed by atoms with Crippen LogP contribution in [-0.2, 0) is 17.1 Å². The average molecular weight is 492 g/mol. The van der Waals surface area contributed by atoms with E-state index in [0.717, 1.165) is 16.7 Å². The van der Waals surface area contributed by atoms with Gasteiger partial charge in [-0.05, 0) is 69.2 Å². The van der Waals surface area contributed by atoms with E-state index in [0.29, 0.717) is 22.8 Å². The summed E-state index contributed by atoms with van der Waals surface area (Å²) in [6, 6.07) is 13.3. The van der Waals surface area contributed by atoms with Crippen molar-refractivity contribution < 1.29 is 17.9 Å². The van der Waals surface area contributed by atoms with Crippen LogP contribution in [0, 0.1) is 27.7 Å². The van der Waals surface area contributed by atoms with Gasteiger partial charge in [-0.2, -0.15) is 13.5 Å². The summed E-state index contributed by atoms with van der Waals surface area (Å²) in [6.07, 6.45) is 1.63. The summed E-state index contributed by atoms with van der Waals surface area (Å²) >= 11 is 0. The van der Waals surface area contributed by atoms with Crippen molar-refractivity contribution in [2.75, 3.05) is 0 Å². The van der Waals surface area contributed by atoms with Gasteiger partial charge in [-0.15, -0.1) is 0 Å². The van der Waals surface area contributed by atoms with Crippen molar-refractivity contribution in [3.8, 4) is 23.0 Å². The summed E-state index contributed by atoms with van der Waals surface area (Å²) in [4.78, 5) is 21.7. The van der Waals surface area contributed by atoms with Gasteiger partial charge in [0.15, 0.2) is 5.03 Å². The second kappa shape index (κ2) is 9.30. The monoisotopic (exact) mass is 491 g/mol. The number of nitrogens with zero attached hydrogens (tertiary/aromatic N) is 4. The molecular formula is C25H25N5O4S. The molecule has 0 aliphatic heterocycles. The maximum Gasteiger partial charge on any atom is 0.281 e. The zero-order chi connectivity index (χ0) is 25.3. The van der Waals surface area contributed by atoms with Gasteiger partial charge in [0, 0.05) is 18.9 Å². The number of aromatic nitrogens is 4. The molecule has 0 unspecified atom stereocenters. The van der Waals surface area contributed by atoms with Crippen molar-refractivity contribution >= 4 is 15.9 Å². The summed E-state index contributed by atoms with van der Waals surface area (Å²) < 4.78 is 35.5. The predicted octanol–water partition coefficient (Wildman–Crippen LogP) is 4.02. The van der Waals surface area contributed by atoms with E-state index < -0.39 is 15.9 Å². The van der Waals surface area contributed by atoms with E-state index in [1.165, 1.54) is 12.1 Å². The highest BCUT2D eigenvalue weighted by molar-refractivity contribution is 7.90. The molecule has 0 spiro atoms. The second-order valence-corrected chi connectivity index (χ2v) is 9.90. The number of sulfonamides is 1. The Morgan fingerprint density at radius 1 is 0.971 bits per heavy atom. The fourth-order valence-corrected chi connectivity index (χ4v) is 4.76. The molecule has 4 rings (SSSR count). The Balaban J connectivity index is 1.77. The molecule has 180 valence electrons. The molecule has 4 aromatic rings. The third-order valence-corrected chi connectivity index (χ3v) is 6.59. The Morgan fingerprint density at radius 3 is 2.31 bits per heavy atom. The van der Waals surface area contributed by atoms with Crippen molar-refractivity contribution in [3.05, 3.63) is 82.7 Å². The minimum Gasteiger partial charge on any atom is -0.438 e. The van der Waals surface area contributed by atoms with E-state index in [-0.39, 0.29) is 16.5 Å². The molecule has 0 aliphatic carbocycles. The third-order valence-electron chi connectivity index (χ3n) is 5.36. The molecule has 3 heterocycles. The number of ether oxygens (including phenoxy) is 1. The largest absolute Gasteiger partial charge is 0.438 e. The summed E-state index contributed by atoms with van der Waals surface area (Å²) in [5, 5.41) is 3.91. The Morgan fingerprint density at radius 2 is 1.69 bits per heavy atom. The first kappa shape index (κ1) is 24.1. The highest BCUT2D eigenvalue weighted by atomic mass is 32.2. The van der Waals surface area contributed by atoms with Gasteiger partial charge < -0.3 is 4.74 Å². The quantitative estimate of drug-likeness (QED) is 0.433. The number of hydrogen-bond donors (Lipinski definition) is 1. The van der Waals surface area contributed by atoms with E-state index in [1.54, 1.807) is 49.1 Å². The van der Waals surface area contributed by atoms with E-state index in [9.17, 15) is 13.2 Å². The molecule has 0 radical (unpaired) electrons. The lowest BCUT2D eigenvalue weighted by Crippen LogP contribution is -2.31. The minimum atomic E-state index is -4.21. The van der Waals surface area contributed by atoms with Crippen LogP contribution in [0.3, 0.4) is 0 Å². The van der Waals surface area contributed by atoms with E-state index in [4.69, 9.17) is 4.74 Å². The van der Waals surface area contributed by atoms with Crippen LogP contribution >= 0.6 is 0 Å². The first-order chi connectivity index (χ1) is 16.5. The summed E-state index contributed by atoms with van der Waals surface area (Å²) in [6.45, 7) is 7.44. The molecule has 1 N–H and O–H groups in total. The van der Waals surface area contributed by atoms with Crippen LogP contribution in [0.25, 0.3) is 11.4 Å². The number of amides is 1. The molecule has 10 heteroatoms. The maximum absolute atomic E-state index is 13.2. The number of carbonyl (C=O) groups excluding carboxylic acids is 1. The maximum atomic E-state index is 13.2. The molecule has 0 saturated carbocycles. The Kier molecular flexibility index (Phi) is 6.40. The van der Waals surface area contributed by atoms with Gasteiger partial charge in [-0.25, -0.2) is 14.7 Å². The van der Waals surface area contributed by atoms with E-state index in [2.05, 4.69) is 19.8 Å². The molecule has 1 amide bonds. The number of rotatable bonds is 6. The zero-order valence-corrected chi connectivity index (χ0v) is 20.8. The Bertz CT molecular complexity index is 1520. The van der Waals surface area contributed by atoms with Crippen LogP contribution in [-0.4, -0.2) is 34.1 Å². The minimum absolute atomic E-state index is 0.0244. The van der Waals surface area contributed by atoms with Crippen LogP contribution in [0.4, 0.5) is 0 Å². The number of aryl methyl sites for hydroxylation is 5. The van der Waals surface area contributed by atoms with Gasteiger partial charge in [0.25, 0.3) is 15.9 Å². The van der Waals surface area contributed by atoms with Gasteiger partial charge in [0.05, 0.1) is 11.4 Å². The van der Waals surface area contributed by atoms with Gasteiger partial charge in [0.1, 0.15) is 11.3 Å². The summed E-state index contributed by atoms with van der Waals surface area (Å²) in [5.74, 6) is -0.360. The number of carbonyl (C=O) groups is 1. The van der Waals surface area contributed by atoms with Crippen molar-refractivity contribution in [3.63, 3.8) is 0 Å². The average Bonchev–Trinajstić information content (AvgIpc) is 3.21. The van der Waals surface area contributed by atoms with Gasteiger partial charge in [-0.1, -0.05) is 23.8 Å². The predicted molar refractivity (Wildman–Crippen MR) is 131 cm³/mol. The zero-order valence-electron chi connectivity index (χ0n) is 20.0. The van der Waals surface area contributed by atoms with Crippen LogP contribution in [0.5, 0.6) is 11.6 Å². The van der Waals surface area contributed by atoms with Gasteiger partial charge in [-0.3, -0.25) is 9.48 Å². The molecular weight excluding hydrogens is 466 g/mol. The normalized spacial score (nSPS) is 11.3. The number of benzene rings is 1. The molecule has 3 aromatic heterocycles. The van der Waals surface area contributed by atoms with E-state index >= 15 is 0 Å². The number of pyridine rings is 2. The summed E-state index contributed by atoms with van der Waals surface area (Å²) in [7, 11) is -2.44. The molecule has 1 aromatic carbocycles. The van der Waals surface area contributed by atoms with Crippen LogP contribution in [0.1, 0.15) is 32.7 Å². The van der Waals surface area contributed by atoms with Crippen molar-refractivity contribution in [1.29, 1.82) is 0 Å². The topological polar surface area (TPSA) is 116 Å². The Labute approximate surface area is 203 Å². The standard InChI is InChI=1S/C25H25N5O4S/c1-15-13-16(2)23(17(3)14-15)34-25-19(9-10-20(28-25)21-11-12-26-30(21)5)24(31)29-35(32,33)22-8-6-7-18(4)27-22/h6-14H,1-5H3,(H,29,31). The molecule has 0 fully saturated rings. The van der Waals surface area contributed by atoms with Crippen LogP contribution in [0.15, 0.2) is 59.8 Å². The number of nitrogens with one attached hydrogen (secondary N) is 1. The van der Waals surface area contributed by atoms with E-state index in [1.807, 2.05) is 32.9 Å². The Hall–Kier alpha value is -4.05. The molecule has 0 atom stereocenters. The SMILES string of the molecule is Cc1cc(C)c(Oc2nc(-c3ccnn3C)ccc2C(=O)NS(=O)(=O)c2cccc(C)n2)c(C)c1. The van der Waals surface area contributed by atoms with Crippen molar-refractivity contribution in [2.24, 2.45) is 7.05 Å². The van der Waals surface area contributed by atoms with Crippen LogP contribution < -0.4 is 9.46 Å². The molecule has 0 bridgehead atoms. The fourth-order valence-electron chi connectivity index (χ4n) is 3.78. The lowest BCUT2D eigenvalue weighted by molar-refractivity contribution is 0.0978. The molecule has 35 heavy (non-hydrogen) atoms. The first-order valence-electron chi connectivity index (χ1n) is 10.8. The molecule has 0 saturated heterocycles. The first-order valence-corrected chi connectivity index (χ1v) is 12.3. The summed E-state index contributed by atoms with van der Waals surface area (Å²) in [5.41, 5.74) is 4.48. The van der Waals surface area contributed by atoms with Crippen LogP contribution in [0.2, 0.25) is 0 Å². The van der Waals surface area contributed by atoms with Crippen molar-refractivity contribution in [2.45, 2.75) is 32.7 Å². The highest BCUT2D eigenvalue weighted by Crippen LogP contribution is 2.32. The van der Waals surface area contributed by atoms with Gasteiger partial charge in [0.2, 0.25) is 5.88 Å². The third kappa shape index (κ3) is 5.07. The highest BCUT2D eigenvalue weighted by Gasteiger charge is 2.25.